The number of alkyl halides is 3. The highest BCUT2D eigenvalue weighted by atomic mass is 19.4. The first-order valence-corrected chi connectivity index (χ1v) is 9.76. The molecule has 3 heterocycles. The molecular formula is C23H20F3N3O. The molecule has 1 amide bonds. The number of carbonyl (C=O) groups excluding carboxylic acids is 1. The Morgan fingerprint density at radius 1 is 1.03 bits per heavy atom. The van der Waals surface area contributed by atoms with Gasteiger partial charge in [0.15, 0.2) is 0 Å². The van der Waals surface area contributed by atoms with Crippen molar-refractivity contribution in [2.75, 3.05) is 13.1 Å². The first-order chi connectivity index (χ1) is 14.4. The fraction of sp³-hybridized carbons (Fsp3) is 0.261. The van der Waals surface area contributed by atoms with E-state index in [0.717, 1.165) is 30.7 Å². The molecule has 4 rings (SSSR count). The third-order valence-corrected chi connectivity index (χ3v) is 5.31. The largest absolute Gasteiger partial charge is 0.416 e. The van der Waals surface area contributed by atoms with Gasteiger partial charge in [-0.1, -0.05) is 18.2 Å². The SMILES string of the molecule is O=C(c1ccncc1)N1CCC[C@@H](c2cccc(-c3cccc(C(F)(F)F)c3)n2)C1. The van der Waals surface area contributed by atoms with Crippen LogP contribution in [0.5, 0.6) is 0 Å². The smallest absolute Gasteiger partial charge is 0.338 e. The van der Waals surface area contributed by atoms with Crippen LogP contribution in [0, 0.1) is 0 Å². The highest BCUT2D eigenvalue weighted by Gasteiger charge is 2.31. The minimum atomic E-state index is -4.40. The molecule has 0 N–H and O–H groups in total. The Bertz CT molecular complexity index is 1040. The molecule has 7 heteroatoms. The third-order valence-electron chi connectivity index (χ3n) is 5.31. The Hall–Kier alpha value is -3.22. The zero-order valence-electron chi connectivity index (χ0n) is 16.1. The van der Waals surface area contributed by atoms with Crippen molar-refractivity contribution in [1.82, 2.24) is 14.9 Å². The number of rotatable bonds is 3. The molecule has 0 radical (unpaired) electrons. The molecule has 0 aliphatic carbocycles. The van der Waals surface area contributed by atoms with Crippen molar-refractivity contribution < 1.29 is 18.0 Å². The van der Waals surface area contributed by atoms with Crippen LogP contribution >= 0.6 is 0 Å². The van der Waals surface area contributed by atoms with Gasteiger partial charge in [-0.05, 0) is 49.2 Å². The summed E-state index contributed by atoms with van der Waals surface area (Å²) in [6.07, 6.45) is 0.504. The van der Waals surface area contributed by atoms with Gasteiger partial charge in [0.2, 0.25) is 0 Å². The van der Waals surface area contributed by atoms with E-state index in [0.29, 0.717) is 29.9 Å². The molecule has 0 unspecified atom stereocenters. The molecule has 1 saturated heterocycles. The lowest BCUT2D eigenvalue weighted by Gasteiger charge is -2.32. The molecule has 2 aromatic heterocycles. The molecule has 154 valence electrons. The van der Waals surface area contributed by atoms with E-state index in [1.54, 1.807) is 36.7 Å². The number of likely N-dealkylation sites (tertiary alicyclic amines) is 1. The van der Waals surface area contributed by atoms with Gasteiger partial charge in [-0.3, -0.25) is 14.8 Å². The minimum absolute atomic E-state index is 0.0373. The van der Waals surface area contributed by atoms with Gasteiger partial charge in [0.25, 0.3) is 5.91 Å². The van der Waals surface area contributed by atoms with Gasteiger partial charge >= 0.3 is 6.18 Å². The standard InChI is InChI=1S/C23H20F3N3O/c24-23(25,26)19-6-1-4-17(14-19)20-7-2-8-21(28-20)18-5-3-13-29(15-18)22(30)16-9-11-27-12-10-16/h1-2,4,6-12,14,18H,3,5,13,15H2/t18-/m1/s1. The molecule has 0 saturated carbocycles. The summed E-state index contributed by atoms with van der Waals surface area (Å²) in [5.41, 5.74) is 1.61. The number of hydrogen-bond donors (Lipinski definition) is 0. The number of nitrogens with zero attached hydrogens (tertiary/aromatic N) is 3. The van der Waals surface area contributed by atoms with Crippen molar-refractivity contribution >= 4 is 5.91 Å². The van der Waals surface area contributed by atoms with Crippen LogP contribution in [0.15, 0.2) is 67.0 Å². The first-order valence-electron chi connectivity index (χ1n) is 9.76. The van der Waals surface area contributed by atoms with E-state index in [-0.39, 0.29) is 11.8 Å². The number of carbonyl (C=O) groups is 1. The summed E-state index contributed by atoms with van der Waals surface area (Å²) in [7, 11) is 0. The van der Waals surface area contributed by atoms with Gasteiger partial charge in [-0.25, -0.2) is 0 Å². The van der Waals surface area contributed by atoms with Crippen LogP contribution in [-0.4, -0.2) is 33.9 Å². The number of piperidine rings is 1. The predicted octanol–water partition coefficient (Wildman–Crippen LogP) is 5.18. The van der Waals surface area contributed by atoms with Crippen LogP contribution in [0.1, 0.15) is 40.4 Å². The van der Waals surface area contributed by atoms with Crippen LogP contribution in [0.3, 0.4) is 0 Å². The van der Waals surface area contributed by atoms with Crippen molar-refractivity contribution in [3.63, 3.8) is 0 Å². The molecule has 30 heavy (non-hydrogen) atoms. The maximum absolute atomic E-state index is 13.1. The molecule has 1 aliphatic heterocycles. The second-order valence-electron chi connectivity index (χ2n) is 7.35. The Morgan fingerprint density at radius 3 is 2.57 bits per heavy atom. The Labute approximate surface area is 172 Å². The quantitative estimate of drug-likeness (QED) is 0.596. The zero-order chi connectivity index (χ0) is 21.1. The monoisotopic (exact) mass is 411 g/mol. The summed E-state index contributed by atoms with van der Waals surface area (Å²) >= 11 is 0. The molecule has 1 aromatic carbocycles. The van der Waals surface area contributed by atoms with E-state index in [1.165, 1.54) is 6.07 Å². The topological polar surface area (TPSA) is 46.1 Å². The lowest BCUT2D eigenvalue weighted by Crippen LogP contribution is -2.39. The molecule has 1 aliphatic rings. The van der Waals surface area contributed by atoms with Gasteiger partial charge in [-0.2, -0.15) is 13.2 Å². The lowest BCUT2D eigenvalue weighted by molar-refractivity contribution is -0.137. The second kappa shape index (κ2) is 8.26. The average Bonchev–Trinajstić information content (AvgIpc) is 2.79. The van der Waals surface area contributed by atoms with Gasteiger partial charge < -0.3 is 4.90 Å². The maximum Gasteiger partial charge on any atom is 0.416 e. The summed E-state index contributed by atoms with van der Waals surface area (Å²) in [5, 5.41) is 0. The Balaban J connectivity index is 1.56. The second-order valence-corrected chi connectivity index (χ2v) is 7.35. The van der Waals surface area contributed by atoms with Crippen molar-refractivity contribution in [3.8, 4) is 11.3 Å². The van der Waals surface area contributed by atoms with Crippen LogP contribution < -0.4 is 0 Å². The number of halogens is 3. The number of hydrogen-bond acceptors (Lipinski definition) is 3. The summed E-state index contributed by atoms with van der Waals surface area (Å²) in [4.78, 5) is 23.2. The van der Waals surface area contributed by atoms with Crippen LogP contribution in [0.25, 0.3) is 11.3 Å². The summed E-state index contributed by atoms with van der Waals surface area (Å²) in [5.74, 6) is -0.00795. The van der Waals surface area contributed by atoms with Crippen molar-refractivity contribution in [2.24, 2.45) is 0 Å². The number of benzene rings is 1. The normalized spacial score (nSPS) is 17.0. The molecule has 3 aromatic rings. The molecule has 0 spiro atoms. The predicted molar refractivity (Wildman–Crippen MR) is 107 cm³/mol. The highest BCUT2D eigenvalue weighted by molar-refractivity contribution is 5.94. The van der Waals surface area contributed by atoms with Gasteiger partial charge in [0, 0.05) is 48.2 Å². The van der Waals surface area contributed by atoms with Crippen LogP contribution in [0.2, 0.25) is 0 Å². The van der Waals surface area contributed by atoms with E-state index in [9.17, 15) is 18.0 Å². The van der Waals surface area contributed by atoms with Crippen molar-refractivity contribution in [3.05, 3.63) is 83.8 Å². The number of aromatic nitrogens is 2. The van der Waals surface area contributed by atoms with Crippen LogP contribution in [-0.2, 0) is 6.18 Å². The van der Waals surface area contributed by atoms with Crippen molar-refractivity contribution in [2.45, 2.75) is 24.9 Å². The zero-order valence-corrected chi connectivity index (χ0v) is 16.1. The maximum atomic E-state index is 13.1. The van der Waals surface area contributed by atoms with E-state index in [2.05, 4.69) is 9.97 Å². The highest BCUT2D eigenvalue weighted by Crippen LogP contribution is 2.33. The van der Waals surface area contributed by atoms with Crippen LogP contribution in [0.4, 0.5) is 13.2 Å². The van der Waals surface area contributed by atoms with E-state index in [1.807, 2.05) is 17.0 Å². The Kier molecular flexibility index (Phi) is 5.53. The minimum Gasteiger partial charge on any atom is -0.338 e. The van der Waals surface area contributed by atoms with Gasteiger partial charge in [-0.15, -0.1) is 0 Å². The number of pyridine rings is 2. The molecule has 0 bridgehead atoms. The summed E-state index contributed by atoms with van der Waals surface area (Å²) in [6, 6.07) is 14.0. The number of amides is 1. The van der Waals surface area contributed by atoms with E-state index in [4.69, 9.17) is 0 Å². The molecule has 4 nitrogen and oxygen atoms in total. The fourth-order valence-electron chi connectivity index (χ4n) is 3.77. The van der Waals surface area contributed by atoms with Gasteiger partial charge in [0.1, 0.15) is 0 Å². The summed E-state index contributed by atoms with van der Waals surface area (Å²) < 4.78 is 39.2. The molecule has 1 fully saturated rings. The first kappa shape index (κ1) is 20.1. The summed E-state index contributed by atoms with van der Waals surface area (Å²) in [6.45, 7) is 1.20. The average molecular weight is 411 g/mol. The fourth-order valence-corrected chi connectivity index (χ4v) is 3.77. The van der Waals surface area contributed by atoms with E-state index >= 15 is 0 Å². The van der Waals surface area contributed by atoms with Crippen molar-refractivity contribution in [1.29, 1.82) is 0 Å². The van der Waals surface area contributed by atoms with Gasteiger partial charge in [0.05, 0.1) is 11.3 Å². The molecular weight excluding hydrogens is 391 g/mol. The lowest BCUT2D eigenvalue weighted by atomic mass is 9.93. The third kappa shape index (κ3) is 4.35. The molecule has 1 atom stereocenters. The van der Waals surface area contributed by atoms with E-state index < -0.39 is 11.7 Å². The Morgan fingerprint density at radius 2 is 1.80 bits per heavy atom.